The smallest absolute Gasteiger partial charge is 0.409 e. The van der Waals surface area contributed by atoms with E-state index >= 15 is 0 Å². The molecule has 0 unspecified atom stereocenters. The summed E-state index contributed by atoms with van der Waals surface area (Å²) in [6.07, 6.45) is 3.41. The predicted molar refractivity (Wildman–Crippen MR) is 97.7 cm³/mol. The second kappa shape index (κ2) is 8.68. The number of anilines is 1. The van der Waals surface area contributed by atoms with Gasteiger partial charge in [-0.25, -0.2) is 9.18 Å². The molecule has 26 heavy (non-hydrogen) atoms. The van der Waals surface area contributed by atoms with E-state index in [-0.39, 0.29) is 30.1 Å². The lowest BCUT2D eigenvalue weighted by Gasteiger charge is -2.40. The predicted octanol–water partition coefficient (Wildman–Crippen LogP) is 2.37. The summed E-state index contributed by atoms with van der Waals surface area (Å²) in [7, 11) is 1.39. The molecule has 0 aromatic heterocycles. The number of nitrogens with zero attached hydrogens (tertiary/aromatic N) is 2. The molecule has 0 radical (unpaired) electrons. The second-order valence-corrected chi connectivity index (χ2v) is 7.03. The topological polar surface area (TPSA) is 68.0 Å². The van der Waals surface area contributed by atoms with Crippen molar-refractivity contribution in [3.63, 3.8) is 0 Å². The number of hydrogen-bond donors (Lipinski definition) is 1. The summed E-state index contributed by atoms with van der Waals surface area (Å²) >= 11 is 0. The van der Waals surface area contributed by atoms with E-state index in [1.165, 1.54) is 19.2 Å². The largest absolute Gasteiger partial charge is 0.453 e. The zero-order valence-electron chi connectivity index (χ0n) is 15.3. The fourth-order valence-electron chi connectivity index (χ4n) is 3.81. The minimum Gasteiger partial charge on any atom is -0.453 e. The lowest BCUT2D eigenvalue weighted by atomic mass is 9.98. The molecule has 6 nitrogen and oxygen atoms in total. The van der Waals surface area contributed by atoms with Gasteiger partial charge < -0.3 is 25.0 Å². The van der Waals surface area contributed by atoms with Crippen molar-refractivity contribution >= 4 is 11.8 Å². The van der Waals surface area contributed by atoms with E-state index in [2.05, 4.69) is 4.90 Å². The van der Waals surface area contributed by atoms with Gasteiger partial charge in [0.2, 0.25) is 0 Å². The van der Waals surface area contributed by atoms with Gasteiger partial charge in [0.05, 0.1) is 25.9 Å². The van der Waals surface area contributed by atoms with Crippen LogP contribution in [0.3, 0.4) is 0 Å². The van der Waals surface area contributed by atoms with E-state index in [1.807, 2.05) is 12.1 Å². The van der Waals surface area contributed by atoms with Crippen LogP contribution in [0.2, 0.25) is 0 Å². The van der Waals surface area contributed by atoms with Crippen LogP contribution < -0.4 is 10.6 Å². The van der Waals surface area contributed by atoms with Crippen LogP contribution in [-0.4, -0.2) is 62.5 Å². The SMILES string of the molecule is COC(=O)N1CCC[C@H](N)[C@@H]1COC1CCN(c2ccc(F)cc2)CC1. The molecule has 2 heterocycles. The molecule has 7 heteroatoms. The van der Waals surface area contributed by atoms with E-state index in [0.717, 1.165) is 44.5 Å². The number of carbonyl (C=O) groups excluding carboxylic acids is 1. The minimum absolute atomic E-state index is 0.0813. The van der Waals surface area contributed by atoms with Gasteiger partial charge in [-0.3, -0.25) is 0 Å². The molecule has 2 aliphatic heterocycles. The van der Waals surface area contributed by atoms with Gasteiger partial charge in [0.25, 0.3) is 0 Å². The van der Waals surface area contributed by atoms with Gasteiger partial charge in [0, 0.05) is 31.4 Å². The zero-order chi connectivity index (χ0) is 18.5. The van der Waals surface area contributed by atoms with Crippen molar-refractivity contribution in [1.82, 2.24) is 4.90 Å². The molecule has 2 aliphatic rings. The maximum Gasteiger partial charge on any atom is 0.409 e. The molecule has 0 spiro atoms. The zero-order valence-corrected chi connectivity index (χ0v) is 15.3. The molecule has 3 rings (SSSR count). The molecule has 2 fully saturated rings. The third-order valence-corrected chi connectivity index (χ3v) is 5.38. The molecule has 1 aromatic rings. The van der Waals surface area contributed by atoms with Gasteiger partial charge in [-0.15, -0.1) is 0 Å². The van der Waals surface area contributed by atoms with E-state index < -0.39 is 0 Å². The first-order chi connectivity index (χ1) is 12.6. The van der Waals surface area contributed by atoms with Crippen molar-refractivity contribution in [2.75, 3.05) is 38.3 Å². The van der Waals surface area contributed by atoms with Gasteiger partial charge in [-0.2, -0.15) is 0 Å². The highest BCUT2D eigenvalue weighted by molar-refractivity contribution is 5.68. The number of nitrogens with two attached hydrogens (primary N) is 1. The van der Waals surface area contributed by atoms with Crippen LogP contribution in [0.1, 0.15) is 25.7 Å². The highest BCUT2D eigenvalue weighted by atomic mass is 19.1. The Morgan fingerprint density at radius 3 is 2.54 bits per heavy atom. The number of ether oxygens (including phenoxy) is 2. The second-order valence-electron chi connectivity index (χ2n) is 7.03. The van der Waals surface area contributed by atoms with Crippen LogP contribution in [-0.2, 0) is 9.47 Å². The Morgan fingerprint density at radius 2 is 1.88 bits per heavy atom. The average Bonchev–Trinajstić information content (AvgIpc) is 2.67. The number of benzene rings is 1. The van der Waals surface area contributed by atoms with Crippen LogP contribution in [0.4, 0.5) is 14.9 Å². The summed E-state index contributed by atoms with van der Waals surface area (Å²) in [5.74, 6) is -0.217. The van der Waals surface area contributed by atoms with Crippen molar-refractivity contribution < 1.29 is 18.7 Å². The van der Waals surface area contributed by atoms with Crippen LogP contribution in [0.5, 0.6) is 0 Å². The Bertz CT molecular complexity index is 590. The average molecular weight is 365 g/mol. The Labute approximate surface area is 154 Å². The van der Waals surface area contributed by atoms with E-state index in [1.54, 1.807) is 4.90 Å². The standard InChI is InChI=1S/C19H28FN3O3/c1-25-19(24)23-10-2-3-17(21)18(23)13-26-16-8-11-22(12-9-16)15-6-4-14(20)5-7-15/h4-7,16-18H,2-3,8-13,21H2,1H3/t17-,18-/m0/s1. The van der Waals surface area contributed by atoms with Crippen LogP contribution in [0, 0.1) is 5.82 Å². The first-order valence-corrected chi connectivity index (χ1v) is 9.30. The summed E-state index contributed by atoms with van der Waals surface area (Å²) in [6.45, 7) is 2.84. The Morgan fingerprint density at radius 1 is 1.19 bits per heavy atom. The fourth-order valence-corrected chi connectivity index (χ4v) is 3.81. The maximum absolute atomic E-state index is 13.1. The van der Waals surface area contributed by atoms with Crippen molar-refractivity contribution in [2.45, 2.75) is 43.9 Å². The number of piperidine rings is 2. The third kappa shape index (κ3) is 4.45. The molecule has 2 atom stereocenters. The number of methoxy groups -OCH3 is 1. The number of hydrogen-bond acceptors (Lipinski definition) is 5. The van der Waals surface area contributed by atoms with Crippen LogP contribution >= 0.6 is 0 Å². The summed E-state index contributed by atoms with van der Waals surface area (Å²) in [5, 5.41) is 0. The molecule has 2 N–H and O–H groups in total. The lowest BCUT2D eigenvalue weighted by Crippen LogP contribution is -2.56. The molecule has 0 saturated carbocycles. The van der Waals surface area contributed by atoms with Crippen molar-refractivity contribution in [2.24, 2.45) is 5.73 Å². The monoisotopic (exact) mass is 365 g/mol. The molecule has 1 amide bonds. The number of rotatable bonds is 4. The molecular formula is C19H28FN3O3. The number of carbonyl (C=O) groups is 1. The number of likely N-dealkylation sites (tertiary alicyclic amines) is 1. The van der Waals surface area contributed by atoms with Gasteiger partial charge in [-0.1, -0.05) is 0 Å². The Balaban J connectivity index is 1.49. The third-order valence-electron chi connectivity index (χ3n) is 5.38. The number of halogens is 1. The lowest BCUT2D eigenvalue weighted by molar-refractivity contribution is -0.0163. The Kier molecular flexibility index (Phi) is 6.32. The molecule has 1 aromatic carbocycles. The van der Waals surface area contributed by atoms with E-state index in [4.69, 9.17) is 15.2 Å². The summed E-state index contributed by atoms with van der Waals surface area (Å²) in [5.41, 5.74) is 7.26. The van der Waals surface area contributed by atoms with Crippen LogP contribution in [0.15, 0.2) is 24.3 Å². The first kappa shape index (κ1) is 18.9. The minimum atomic E-state index is -0.333. The molecular weight excluding hydrogens is 337 g/mol. The van der Waals surface area contributed by atoms with Gasteiger partial charge >= 0.3 is 6.09 Å². The molecule has 2 saturated heterocycles. The summed E-state index contributed by atoms with van der Waals surface area (Å²) in [6, 6.07) is 6.39. The Hall–Kier alpha value is -1.86. The first-order valence-electron chi connectivity index (χ1n) is 9.30. The summed E-state index contributed by atoms with van der Waals surface area (Å²) in [4.78, 5) is 15.9. The highest BCUT2D eigenvalue weighted by Crippen LogP contribution is 2.23. The van der Waals surface area contributed by atoms with Crippen LogP contribution in [0.25, 0.3) is 0 Å². The number of amides is 1. The van der Waals surface area contributed by atoms with Crippen molar-refractivity contribution in [1.29, 1.82) is 0 Å². The van der Waals surface area contributed by atoms with E-state index in [0.29, 0.717) is 13.2 Å². The fraction of sp³-hybridized carbons (Fsp3) is 0.632. The maximum atomic E-state index is 13.1. The van der Waals surface area contributed by atoms with Crippen molar-refractivity contribution in [3.05, 3.63) is 30.1 Å². The molecule has 0 aliphatic carbocycles. The normalized spacial score (nSPS) is 24.6. The molecule has 144 valence electrons. The van der Waals surface area contributed by atoms with Gasteiger partial charge in [0.1, 0.15) is 5.82 Å². The van der Waals surface area contributed by atoms with Crippen molar-refractivity contribution in [3.8, 4) is 0 Å². The van der Waals surface area contributed by atoms with Gasteiger partial charge in [-0.05, 0) is 49.9 Å². The van der Waals surface area contributed by atoms with E-state index in [9.17, 15) is 9.18 Å². The van der Waals surface area contributed by atoms with Gasteiger partial charge in [0.15, 0.2) is 0 Å². The summed E-state index contributed by atoms with van der Waals surface area (Å²) < 4.78 is 24.0. The highest BCUT2D eigenvalue weighted by Gasteiger charge is 2.34. The molecule has 0 bridgehead atoms. The quantitative estimate of drug-likeness (QED) is 0.887.